The second-order valence-electron chi connectivity index (χ2n) is 5.39. The first kappa shape index (κ1) is 15.2. The van der Waals surface area contributed by atoms with Gasteiger partial charge < -0.3 is 15.4 Å². The van der Waals surface area contributed by atoms with Gasteiger partial charge >= 0.3 is 6.09 Å². The van der Waals surface area contributed by atoms with Crippen molar-refractivity contribution in [3.63, 3.8) is 0 Å². The van der Waals surface area contributed by atoms with Crippen LogP contribution in [-0.4, -0.2) is 30.8 Å². The Hall–Kier alpha value is -0.770. The first-order valence-corrected chi connectivity index (χ1v) is 5.88. The van der Waals surface area contributed by atoms with Crippen LogP contribution in [0.5, 0.6) is 0 Å². The molecule has 0 saturated carbocycles. The third-order valence-corrected chi connectivity index (χ3v) is 2.51. The zero-order valence-electron chi connectivity index (χ0n) is 11.4. The zero-order valence-corrected chi connectivity index (χ0v) is 11.4. The van der Waals surface area contributed by atoms with Gasteiger partial charge in [0.2, 0.25) is 0 Å². The second kappa shape index (κ2) is 6.09. The van der Waals surface area contributed by atoms with E-state index in [0.717, 1.165) is 19.4 Å². The van der Waals surface area contributed by atoms with Crippen molar-refractivity contribution in [2.45, 2.75) is 58.6 Å². The number of rotatable bonds is 5. The Bertz CT molecular complexity index is 224. The topological polar surface area (TPSA) is 50.4 Å². The highest BCUT2D eigenvalue weighted by molar-refractivity contribution is 5.68. The number of alkyl carbamates (subject to hydrolysis) is 1. The molecule has 0 aliphatic heterocycles. The van der Waals surface area contributed by atoms with Crippen LogP contribution in [0.3, 0.4) is 0 Å². The number of hydrogen-bond acceptors (Lipinski definition) is 3. The van der Waals surface area contributed by atoms with E-state index in [1.807, 2.05) is 34.7 Å². The molecule has 0 aromatic carbocycles. The molecule has 1 atom stereocenters. The van der Waals surface area contributed by atoms with Crippen molar-refractivity contribution in [3.8, 4) is 0 Å². The molecule has 0 radical (unpaired) electrons. The van der Waals surface area contributed by atoms with Gasteiger partial charge in [-0.05, 0) is 54.1 Å². The number of carbonyl (C=O) groups is 1. The maximum atomic E-state index is 11.6. The van der Waals surface area contributed by atoms with Crippen molar-refractivity contribution >= 4 is 6.09 Å². The first-order valence-electron chi connectivity index (χ1n) is 5.88. The number of nitrogens with one attached hydrogen (secondary N) is 2. The molecule has 16 heavy (non-hydrogen) atoms. The van der Waals surface area contributed by atoms with Crippen LogP contribution in [0, 0.1) is 0 Å². The van der Waals surface area contributed by atoms with Crippen molar-refractivity contribution in [1.29, 1.82) is 0 Å². The first-order chi connectivity index (χ1) is 7.22. The molecule has 0 fully saturated rings. The third-order valence-electron chi connectivity index (χ3n) is 2.51. The van der Waals surface area contributed by atoms with Gasteiger partial charge in [-0.25, -0.2) is 4.79 Å². The van der Waals surface area contributed by atoms with Crippen molar-refractivity contribution in [1.82, 2.24) is 10.6 Å². The molecule has 0 aromatic heterocycles. The van der Waals surface area contributed by atoms with Gasteiger partial charge in [-0.1, -0.05) is 6.92 Å². The number of ether oxygens (including phenoxy) is 1. The summed E-state index contributed by atoms with van der Waals surface area (Å²) in [5.74, 6) is 0. The Morgan fingerprint density at radius 3 is 2.19 bits per heavy atom. The summed E-state index contributed by atoms with van der Waals surface area (Å²) in [5.41, 5.74) is -0.646. The Balaban J connectivity index is 4.25. The predicted octanol–water partition coefficient (Wildman–Crippen LogP) is 2.29. The summed E-state index contributed by atoms with van der Waals surface area (Å²) in [6.45, 7) is 10.6. The van der Waals surface area contributed by atoms with Crippen molar-refractivity contribution < 1.29 is 9.53 Å². The molecule has 0 aliphatic carbocycles. The second-order valence-corrected chi connectivity index (χ2v) is 5.39. The summed E-state index contributed by atoms with van der Waals surface area (Å²) < 4.78 is 5.24. The van der Waals surface area contributed by atoms with Crippen LogP contribution in [0.25, 0.3) is 0 Å². The molecule has 0 saturated heterocycles. The van der Waals surface area contributed by atoms with Gasteiger partial charge in [-0.2, -0.15) is 0 Å². The molecule has 4 nitrogen and oxygen atoms in total. The average molecular weight is 230 g/mol. The molecule has 1 amide bonds. The van der Waals surface area contributed by atoms with Crippen LogP contribution in [0.2, 0.25) is 0 Å². The van der Waals surface area contributed by atoms with Gasteiger partial charge in [0.15, 0.2) is 0 Å². The van der Waals surface area contributed by atoms with E-state index in [2.05, 4.69) is 17.6 Å². The molecular weight excluding hydrogens is 204 g/mol. The molecule has 0 heterocycles. The van der Waals surface area contributed by atoms with E-state index in [9.17, 15) is 4.79 Å². The minimum atomic E-state index is -0.443. The number of amides is 1. The van der Waals surface area contributed by atoms with E-state index >= 15 is 0 Å². The van der Waals surface area contributed by atoms with Crippen molar-refractivity contribution in [3.05, 3.63) is 0 Å². The van der Waals surface area contributed by atoms with E-state index in [4.69, 9.17) is 4.74 Å². The van der Waals surface area contributed by atoms with Crippen molar-refractivity contribution in [2.75, 3.05) is 13.6 Å². The fourth-order valence-electron chi connectivity index (χ4n) is 1.28. The van der Waals surface area contributed by atoms with Gasteiger partial charge in [0.1, 0.15) is 5.60 Å². The SMILES string of the molecule is CCC(C)(CCNC)NC(=O)OC(C)(C)C. The summed E-state index contributed by atoms with van der Waals surface area (Å²) in [5, 5.41) is 6.02. The smallest absolute Gasteiger partial charge is 0.408 e. The lowest BCUT2D eigenvalue weighted by Crippen LogP contribution is -2.48. The predicted molar refractivity (Wildman–Crippen MR) is 66.6 cm³/mol. The van der Waals surface area contributed by atoms with Crippen LogP contribution in [0.1, 0.15) is 47.5 Å². The fraction of sp³-hybridized carbons (Fsp3) is 0.917. The molecule has 96 valence electrons. The lowest BCUT2D eigenvalue weighted by molar-refractivity contribution is 0.0456. The van der Waals surface area contributed by atoms with Gasteiger partial charge in [-0.3, -0.25) is 0 Å². The fourth-order valence-corrected chi connectivity index (χ4v) is 1.28. The lowest BCUT2D eigenvalue weighted by Gasteiger charge is -2.31. The molecule has 2 N–H and O–H groups in total. The minimum absolute atomic E-state index is 0.203. The van der Waals surface area contributed by atoms with Crippen LogP contribution in [0.15, 0.2) is 0 Å². The summed E-state index contributed by atoms with van der Waals surface area (Å²) in [6, 6.07) is 0. The molecule has 0 aliphatic rings. The van der Waals surface area contributed by atoms with E-state index in [0.29, 0.717) is 0 Å². The molecule has 1 unspecified atom stereocenters. The van der Waals surface area contributed by atoms with Gasteiger partial charge in [0.05, 0.1) is 0 Å². The highest BCUT2D eigenvalue weighted by Crippen LogP contribution is 2.15. The summed E-state index contributed by atoms with van der Waals surface area (Å²) in [7, 11) is 1.91. The zero-order chi connectivity index (χ0) is 12.8. The normalized spacial score (nSPS) is 15.4. The minimum Gasteiger partial charge on any atom is -0.444 e. The Labute approximate surface area is 99.1 Å². The van der Waals surface area contributed by atoms with Crippen LogP contribution in [-0.2, 0) is 4.74 Å². The number of hydrogen-bond donors (Lipinski definition) is 2. The molecule has 0 spiro atoms. The molecular formula is C12H26N2O2. The van der Waals surface area contributed by atoms with Gasteiger partial charge in [-0.15, -0.1) is 0 Å². The Morgan fingerprint density at radius 2 is 1.81 bits per heavy atom. The maximum Gasteiger partial charge on any atom is 0.408 e. The largest absolute Gasteiger partial charge is 0.444 e. The Kier molecular flexibility index (Phi) is 5.79. The van der Waals surface area contributed by atoms with E-state index < -0.39 is 5.60 Å². The van der Waals surface area contributed by atoms with Crippen molar-refractivity contribution in [2.24, 2.45) is 0 Å². The number of carbonyl (C=O) groups excluding carboxylic acids is 1. The van der Waals surface area contributed by atoms with Crippen LogP contribution < -0.4 is 10.6 Å². The monoisotopic (exact) mass is 230 g/mol. The van der Waals surface area contributed by atoms with Crippen LogP contribution >= 0.6 is 0 Å². The molecule has 0 rings (SSSR count). The van der Waals surface area contributed by atoms with E-state index in [-0.39, 0.29) is 11.6 Å². The highest BCUT2D eigenvalue weighted by atomic mass is 16.6. The van der Waals surface area contributed by atoms with Gasteiger partial charge in [0.25, 0.3) is 0 Å². The van der Waals surface area contributed by atoms with Gasteiger partial charge in [0, 0.05) is 5.54 Å². The quantitative estimate of drug-likeness (QED) is 0.762. The van der Waals surface area contributed by atoms with E-state index in [1.165, 1.54) is 0 Å². The standard InChI is InChI=1S/C12H26N2O2/c1-7-12(5,8-9-13-6)14-10(15)16-11(2,3)4/h13H,7-9H2,1-6H3,(H,14,15). The Morgan fingerprint density at radius 1 is 1.25 bits per heavy atom. The molecule has 0 aromatic rings. The summed E-state index contributed by atoms with van der Waals surface area (Å²) in [4.78, 5) is 11.6. The van der Waals surface area contributed by atoms with Crippen LogP contribution in [0.4, 0.5) is 4.79 Å². The maximum absolute atomic E-state index is 11.6. The lowest BCUT2D eigenvalue weighted by atomic mass is 9.95. The summed E-state index contributed by atoms with van der Waals surface area (Å²) >= 11 is 0. The highest BCUT2D eigenvalue weighted by Gasteiger charge is 2.26. The molecule has 0 bridgehead atoms. The molecule has 4 heteroatoms. The average Bonchev–Trinajstić information content (AvgIpc) is 2.11. The van der Waals surface area contributed by atoms with E-state index in [1.54, 1.807) is 0 Å². The third kappa shape index (κ3) is 6.67. The summed E-state index contributed by atoms with van der Waals surface area (Å²) in [6.07, 6.45) is 1.43.